The van der Waals surface area contributed by atoms with Crippen molar-refractivity contribution < 1.29 is 13.6 Å². The van der Waals surface area contributed by atoms with E-state index < -0.39 is 0 Å². The van der Waals surface area contributed by atoms with Gasteiger partial charge < -0.3 is 4.42 Å². The number of halogens is 1. The Morgan fingerprint density at radius 2 is 1.83 bits per heavy atom. The van der Waals surface area contributed by atoms with Crippen molar-refractivity contribution in [2.75, 3.05) is 0 Å². The lowest BCUT2D eigenvalue weighted by Gasteiger charge is -2.14. The van der Waals surface area contributed by atoms with E-state index in [1.54, 1.807) is 42.7 Å². The van der Waals surface area contributed by atoms with E-state index in [1.807, 2.05) is 31.2 Å². The number of amides is 1. The number of fused-ring (bicyclic) bond motifs is 1. The smallest absolute Gasteiger partial charge is 0.270 e. The summed E-state index contributed by atoms with van der Waals surface area (Å²) in [5.41, 5.74) is 8.77. The summed E-state index contributed by atoms with van der Waals surface area (Å²) in [6.07, 6.45) is 3.36. The van der Waals surface area contributed by atoms with Crippen LogP contribution >= 0.6 is 0 Å². The number of carbonyl (C=O) groups excluding carboxylic acids is 1. The maximum absolute atomic E-state index is 13.2. The third-order valence-electron chi connectivity index (χ3n) is 4.49. The van der Waals surface area contributed by atoms with E-state index in [1.165, 1.54) is 12.1 Å². The number of hydrazine groups is 1. The highest BCUT2D eigenvalue weighted by Crippen LogP contribution is 2.25. The molecule has 0 spiro atoms. The van der Waals surface area contributed by atoms with Crippen LogP contribution in [-0.2, 0) is 0 Å². The highest BCUT2D eigenvalue weighted by atomic mass is 19.1. The summed E-state index contributed by atoms with van der Waals surface area (Å²) < 4.78 is 18.6. The number of allylic oxidation sites excluding steroid dienone is 1. The number of nitrogens with zero attached hydrogens (tertiary/aromatic N) is 1. The minimum atomic E-state index is -0.321. The van der Waals surface area contributed by atoms with Crippen molar-refractivity contribution in [2.45, 2.75) is 6.92 Å². The van der Waals surface area contributed by atoms with Crippen LogP contribution in [-0.4, -0.2) is 10.9 Å². The van der Waals surface area contributed by atoms with Gasteiger partial charge >= 0.3 is 0 Å². The summed E-state index contributed by atoms with van der Waals surface area (Å²) in [7, 11) is 0. The van der Waals surface area contributed by atoms with Crippen LogP contribution in [0.15, 0.2) is 83.5 Å². The van der Waals surface area contributed by atoms with Crippen molar-refractivity contribution in [1.29, 1.82) is 0 Å². The zero-order chi connectivity index (χ0) is 20.2. The minimum Gasteiger partial charge on any atom is -0.463 e. The predicted octanol–water partition coefficient (Wildman–Crippen LogP) is 4.93. The van der Waals surface area contributed by atoms with E-state index in [-0.39, 0.29) is 11.7 Å². The summed E-state index contributed by atoms with van der Waals surface area (Å²) in [5.74, 6) is -0.0574. The van der Waals surface area contributed by atoms with E-state index in [4.69, 9.17) is 4.42 Å². The molecule has 0 aliphatic rings. The number of furan rings is 1. The fourth-order valence-corrected chi connectivity index (χ4v) is 3.05. The van der Waals surface area contributed by atoms with Gasteiger partial charge in [-0.05, 0) is 61.0 Å². The van der Waals surface area contributed by atoms with Gasteiger partial charge in [-0.3, -0.25) is 15.6 Å². The Hall–Kier alpha value is -3.93. The lowest BCUT2D eigenvalue weighted by molar-refractivity contribution is 0.0944. The van der Waals surface area contributed by atoms with E-state index >= 15 is 0 Å². The third kappa shape index (κ3) is 3.87. The molecular formula is C23H18FN3O2. The maximum atomic E-state index is 13.2. The Balaban J connectivity index is 1.63. The zero-order valence-corrected chi connectivity index (χ0v) is 15.6. The molecule has 0 fully saturated rings. The molecule has 0 aliphatic carbocycles. The molecule has 0 saturated carbocycles. The summed E-state index contributed by atoms with van der Waals surface area (Å²) >= 11 is 0. The fourth-order valence-electron chi connectivity index (χ4n) is 3.05. The van der Waals surface area contributed by atoms with Crippen LogP contribution in [0.5, 0.6) is 0 Å². The van der Waals surface area contributed by atoms with E-state index in [0.29, 0.717) is 28.2 Å². The van der Waals surface area contributed by atoms with Gasteiger partial charge in [0.1, 0.15) is 11.5 Å². The number of carbonyl (C=O) groups is 1. The van der Waals surface area contributed by atoms with Crippen molar-refractivity contribution >= 4 is 22.5 Å². The monoisotopic (exact) mass is 387 g/mol. The van der Waals surface area contributed by atoms with Crippen LogP contribution in [0.25, 0.3) is 28.1 Å². The summed E-state index contributed by atoms with van der Waals surface area (Å²) in [6, 6.07) is 18.7. The van der Waals surface area contributed by atoms with Gasteiger partial charge in [0.05, 0.1) is 23.0 Å². The van der Waals surface area contributed by atoms with Gasteiger partial charge in [0.2, 0.25) is 0 Å². The number of aromatic nitrogens is 1. The van der Waals surface area contributed by atoms with Crippen LogP contribution in [0.1, 0.15) is 22.8 Å². The number of nitrogens with one attached hydrogen (secondary N) is 2. The van der Waals surface area contributed by atoms with Crippen molar-refractivity contribution in [3.05, 3.63) is 96.0 Å². The Morgan fingerprint density at radius 3 is 2.55 bits per heavy atom. The molecule has 0 bridgehead atoms. The molecule has 4 rings (SSSR count). The molecule has 0 saturated heterocycles. The first-order chi connectivity index (χ1) is 14.2. The topological polar surface area (TPSA) is 67.2 Å². The van der Waals surface area contributed by atoms with Crippen LogP contribution in [0.2, 0.25) is 0 Å². The number of hydrogen-bond acceptors (Lipinski definition) is 4. The van der Waals surface area contributed by atoms with Gasteiger partial charge in [0, 0.05) is 5.39 Å². The van der Waals surface area contributed by atoms with Gasteiger partial charge in [-0.15, -0.1) is 0 Å². The number of rotatable bonds is 5. The largest absolute Gasteiger partial charge is 0.463 e. The molecule has 0 aliphatic heterocycles. The summed E-state index contributed by atoms with van der Waals surface area (Å²) in [6.45, 7) is 1.83. The Bertz CT molecular complexity index is 1180. The first-order valence-corrected chi connectivity index (χ1v) is 9.08. The zero-order valence-electron chi connectivity index (χ0n) is 15.6. The molecule has 29 heavy (non-hydrogen) atoms. The molecule has 2 aromatic heterocycles. The molecule has 0 atom stereocenters. The SMILES string of the molecule is C/C=C(\NNC(=O)c1cc(-c2ccco2)nc2ccccc12)c1ccc(F)cc1. The standard InChI is InChI=1S/C23H18FN3O2/c1-2-19(15-9-11-16(24)12-10-15)26-27-23(28)18-14-21(22-8-5-13-29-22)25-20-7-4-3-6-17(18)20/h2-14,26H,1H3,(H,27,28)/b19-2-. The average molecular weight is 387 g/mol. The first kappa shape index (κ1) is 18.4. The Kier molecular flexibility index (Phi) is 5.07. The molecule has 4 aromatic rings. The second-order valence-corrected chi connectivity index (χ2v) is 6.34. The molecule has 5 nitrogen and oxygen atoms in total. The predicted molar refractivity (Wildman–Crippen MR) is 110 cm³/mol. The molecule has 2 aromatic carbocycles. The normalized spacial score (nSPS) is 11.4. The van der Waals surface area contributed by atoms with Crippen LogP contribution in [0.4, 0.5) is 4.39 Å². The van der Waals surface area contributed by atoms with E-state index in [0.717, 1.165) is 10.9 Å². The van der Waals surface area contributed by atoms with Crippen molar-refractivity contribution in [3.8, 4) is 11.5 Å². The summed E-state index contributed by atoms with van der Waals surface area (Å²) in [4.78, 5) is 17.6. The molecule has 144 valence electrons. The van der Waals surface area contributed by atoms with Crippen LogP contribution in [0, 0.1) is 5.82 Å². The quantitative estimate of drug-likeness (QED) is 0.477. The van der Waals surface area contributed by atoms with Gasteiger partial charge in [-0.25, -0.2) is 9.37 Å². The van der Waals surface area contributed by atoms with Crippen molar-refractivity contribution in [1.82, 2.24) is 15.8 Å². The second-order valence-electron chi connectivity index (χ2n) is 6.34. The van der Waals surface area contributed by atoms with Crippen LogP contribution < -0.4 is 10.9 Å². The molecule has 0 radical (unpaired) electrons. The molecule has 0 unspecified atom stereocenters. The number of para-hydroxylation sites is 1. The van der Waals surface area contributed by atoms with Gasteiger partial charge in [-0.1, -0.05) is 24.3 Å². The fraction of sp³-hybridized carbons (Fsp3) is 0.0435. The molecular weight excluding hydrogens is 369 g/mol. The molecule has 2 N–H and O–H groups in total. The Labute approximate surface area is 166 Å². The highest BCUT2D eigenvalue weighted by molar-refractivity contribution is 6.07. The lowest BCUT2D eigenvalue weighted by Crippen LogP contribution is -2.36. The molecule has 1 amide bonds. The van der Waals surface area contributed by atoms with Gasteiger partial charge in [-0.2, -0.15) is 0 Å². The third-order valence-corrected chi connectivity index (χ3v) is 4.49. The van der Waals surface area contributed by atoms with Crippen molar-refractivity contribution in [3.63, 3.8) is 0 Å². The summed E-state index contributed by atoms with van der Waals surface area (Å²) in [5, 5.41) is 0.728. The highest BCUT2D eigenvalue weighted by Gasteiger charge is 2.15. The number of pyridine rings is 1. The number of benzene rings is 2. The molecule has 6 heteroatoms. The van der Waals surface area contributed by atoms with Crippen LogP contribution in [0.3, 0.4) is 0 Å². The number of hydrogen-bond donors (Lipinski definition) is 2. The first-order valence-electron chi connectivity index (χ1n) is 9.08. The second kappa shape index (κ2) is 7.98. The average Bonchev–Trinajstić information content (AvgIpc) is 3.29. The minimum absolute atomic E-state index is 0.318. The van der Waals surface area contributed by atoms with E-state index in [9.17, 15) is 9.18 Å². The maximum Gasteiger partial charge on any atom is 0.270 e. The lowest BCUT2D eigenvalue weighted by atomic mass is 10.1. The van der Waals surface area contributed by atoms with E-state index in [2.05, 4.69) is 15.8 Å². The van der Waals surface area contributed by atoms with Gasteiger partial charge in [0.15, 0.2) is 5.76 Å². The Morgan fingerprint density at radius 1 is 1.03 bits per heavy atom. The molecule has 2 heterocycles. The van der Waals surface area contributed by atoms with Crippen molar-refractivity contribution in [2.24, 2.45) is 0 Å². The van der Waals surface area contributed by atoms with Gasteiger partial charge in [0.25, 0.3) is 5.91 Å².